The highest BCUT2D eigenvalue weighted by molar-refractivity contribution is 7.09. The number of likely N-dealkylation sites (N-methyl/N-ethyl adjacent to an activating group) is 1. The van der Waals surface area contributed by atoms with Gasteiger partial charge in [0.05, 0.1) is 10.7 Å². The van der Waals surface area contributed by atoms with E-state index in [1.807, 2.05) is 18.2 Å². The van der Waals surface area contributed by atoms with E-state index in [-0.39, 0.29) is 0 Å². The van der Waals surface area contributed by atoms with Crippen molar-refractivity contribution in [2.75, 3.05) is 18.5 Å². The number of nitrogens with two attached hydrogens (primary N) is 1. The van der Waals surface area contributed by atoms with Gasteiger partial charge in [-0.25, -0.2) is 0 Å². The van der Waals surface area contributed by atoms with E-state index in [2.05, 4.69) is 29.5 Å². The Kier molecular flexibility index (Phi) is 4.64. The van der Waals surface area contributed by atoms with Crippen molar-refractivity contribution >= 4 is 28.6 Å². The average Bonchev–Trinajstić information content (AvgIpc) is 2.88. The van der Waals surface area contributed by atoms with Crippen molar-refractivity contribution in [3.8, 4) is 0 Å². The summed E-state index contributed by atoms with van der Waals surface area (Å²) in [5.74, 6) is 0. The predicted molar refractivity (Wildman–Crippen MR) is 80.6 cm³/mol. The van der Waals surface area contributed by atoms with Crippen molar-refractivity contribution in [2.24, 2.45) is 5.73 Å². The van der Waals surface area contributed by atoms with Crippen molar-refractivity contribution in [1.82, 2.24) is 0 Å². The van der Waals surface area contributed by atoms with Crippen LogP contribution in [0.15, 0.2) is 35.7 Å². The van der Waals surface area contributed by atoms with E-state index in [1.54, 1.807) is 11.3 Å². The van der Waals surface area contributed by atoms with Crippen LogP contribution in [0.25, 0.3) is 0 Å². The molecule has 2 rings (SSSR count). The van der Waals surface area contributed by atoms with Crippen molar-refractivity contribution in [3.05, 3.63) is 51.2 Å². The van der Waals surface area contributed by atoms with Crippen LogP contribution in [0.5, 0.6) is 0 Å². The number of nitrogens with zero attached hydrogens (tertiary/aromatic N) is 1. The van der Waals surface area contributed by atoms with Gasteiger partial charge in [-0.3, -0.25) is 0 Å². The summed E-state index contributed by atoms with van der Waals surface area (Å²) in [6.07, 6.45) is 1.04. The molecule has 1 heterocycles. The number of anilines is 1. The van der Waals surface area contributed by atoms with E-state index < -0.39 is 0 Å². The molecule has 4 heteroatoms. The molecule has 0 radical (unpaired) electrons. The van der Waals surface area contributed by atoms with Gasteiger partial charge in [0.2, 0.25) is 0 Å². The summed E-state index contributed by atoms with van der Waals surface area (Å²) in [5, 5.41) is 2.88. The van der Waals surface area contributed by atoms with E-state index in [0.29, 0.717) is 6.54 Å². The van der Waals surface area contributed by atoms with Gasteiger partial charge in [-0.2, -0.15) is 0 Å². The molecule has 0 atom stereocenters. The predicted octanol–water partition coefficient (Wildman–Crippen LogP) is 3.54. The number of hydrogen-bond donors (Lipinski definition) is 1. The maximum absolute atomic E-state index is 6.27. The Bertz CT molecular complexity index is 497. The molecule has 0 aliphatic rings. The van der Waals surface area contributed by atoms with Crippen LogP contribution in [0, 0.1) is 0 Å². The molecule has 2 nitrogen and oxygen atoms in total. The lowest BCUT2D eigenvalue weighted by atomic mass is 10.2. The summed E-state index contributed by atoms with van der Waals surface area (Å²) in [6, 6.07) is 10.3. The summed E-state index contributed by atoms with van der Waals surface area (Å²) < 4.78 is 0. The minimum Gasteiger partial charge on any atom is -0.373 e. The molecule has 0 aliphatic carbocycles. The van der Waals surface area contributed by atoms with Gasteiger partial charge in [0.15, 0.2) is 0 Å². The zero-order valence-corrected chi connectivity index (χ0v) is 12.0. The Morgan fingerprint density at radius 1 is 1.33 bits per heavy atom. The highest BCUT2D eigenvalue weighted by atomic mass is 35.5. The number of halogens is 1. The first-order valence-electron chi connectivity index (χ1n) is 5.92. The first kappa shape index (κ1) is 13.4. The second kappa shape index (κ2) is 6.23. The average molecular weight is 281 g/mol. The Hall–Kier alpha value is -1.03. The number of rotatable bonds is 5. The molecule has 0 saturated heterocycles. The van der Waals surface area contributed by atoms with Gasteiger partial charge in [-0.1, -0.05) is 23.7 Å². The summed E-state index contributed by atoms with van der Waals surface area (Å²) in [4.78, 5) is 3.58. The monoisotopic (exact) mass is 280 g/mol. The van der Waals surface area contributed by atoms with Gasteiger partial charge in [0, 0.05) is 25.0 Å². The van der Waals surface area contributed by atoms with Crippen LogP contribution in [0.3, 0.4) is 0 Å². The molecule has 2 aromatic rings. The molecular formula is C14H17ClN2S. The molecule has 18 heavy (non-hydrogen) atoms. The van der Waals surface area contributed by atoms with Gasteiger partial charge in [-0.05, 0) is 35.6 Å². The molecule has 1 aromatic carbocycles. The highest BCUT2D eigenvalue weighted by Gasteiger charge is 2.07. The lowest BCUT2D eigenvalue weighted by Crippen LogP contribution is -2.20. The van der Waals surface area contributed by atoms with E-state index in [0.717, 1.165) is 29.2 Å². The second-order valence-electron chi connectivity index (χ2n) is 4.24. The summed E-state index contributed by atoms with van der Waals surface area (Å²) in [7, 11) is 2.07. The van der Waals surface area contributed by atoms with Gasteiger partial charge in [0.25, 0.3) is 0 Å². The molecule has 0 fully saturated rings. The van der Waals surface area contributed by atoms with Crippen molar-refractivity contribution in [2.45, 2.75) is 13.0 Å². The van der Waals surface area contributed by atoms with E-state index in [9.17, 15) is 0 Å². The Morgan fingerprint density at radius 3 is 2.78 bits per heavy atom. The molecule has 0 bridgehead atoms. The first-order chi connectivity index (χ1) is 8.70. The highest BCUT2D eigenvalue weighted by Crippen LogP contribution is 2.26. The van der Waals surface area contributed by atoms with Crippen LogP contribution in [-0.4, -0.2) is 13.6 Å². The molecule has 0 amide bonds. The SMILES string of the molecule is CN(CCc1cccs1)c1ccc(CN)cc1Cl. The number of benzene rings is 1. The number of hydrogen-bond acceptors (Lipinski definition) is 3. The normalized spacial score (nSPS) is 10.6. The molecule has 0 saturated carbocycles. The van der Waals surface area contributed by atoms with Crippen LogP contribution in [-0.2, 0) is 13.0 Å². The lowest BCUT2D eigenvalue weighted by molar-refractivity contribution is 0.886. The minimum absolute atomic E-state index is 0.527. The Labute approximate surface area is 117 Å². The third-order valence-corrected chi connectivity index (χ3v) is 4.17. The molecule has 0 aliphatic heterocycles. The molecule has 0 spiro atoms. The van der Waals surface area contributed by atoms with Gasteiger partial charge >= 0.3 is 0 Å². The van der Waals surface area contributed by atoms with Gasteiger partial charge in [0.1, 0.15) is 0 Å². The summed E-state index contributed by atoms with van der Waals surface area (Å²) >= 11 is 8.06. The van der Waals surface area contributed by atoms with Crippen LogP contribution < -0.4 is 10.6 Å². The van der Waals surface area contributed by atoms with Crippen LogP contribution >= 0.6 is 22.9 Å². The first-order valence-corrected chi connectivity index (χ1v) is 7.18. The van der Waals surface area contributed by atoms with Crippen molar-refractivity contribution < 1.29 is 0 Å². The molecular weight excluding hydrogens is 264 g/mol. The minimum atomic E-state index is 0.527. The van der Waals surface area contributed by atoms with Crippen LogP contribution in [0.1, 0.15) is 10.4 Å². The molecule has 1 aromatic heterocycles. The zero-order valence-electron chi connectivity index (χ0n) is 10.4. The van der Waals surface area contributed by atoms with Crippen molar-refractivity contribution in [1.29, 1.82) is 0 Å². The van der Waals surface area contributed by atoms with Gasteiger partial charge in [-0.15, -0.1) is 11.3 Å². The van der Waals surface area contributed by atoms with Crippen LogP contribution in [0.2, 0.25) is 5.02 Å². The maximum Gasteiger partial charge on any atom is 0.0642 e. The fourth-order valence-corrected chi connectivity index (χ4v) is 2.89. The standard InChI is InChI=1S/C14H17ClN2S/c1-17(7-6-12-3-2-8-18-12)14-5-4-11(10-16)9-13(14)15/h2-5,8-9H,6-7,10,16H2,1H3. The van der Waals surface area contributed by atoms with E-state index in [1.165, 1.54) is 4.88 Å². The number of thiophene rings is 1. The second-order valence-corrected chi connectivity index (χ2v) is 5.68. The van der Waals surface area contributed by atoms with Crippen LogP contribution in [0.4, 0.5) is 5.69 Å². The topological polar surface area (TPSA) is 29.3 Å². The third-order valence-electron chi connectivity index (χ3n) is 2.93. The largest absolute Gasteiger partial charge is 0.373 e. The van der Waals surface area contributed by atoms with Crippen molar-refractivity contribution in [3.63, 3.8) is 0 Å². The smallest absolute Gasteiger partial charge is 0.0642 e. The summed E-state index contributed by atoms with van der Waals surface area (Å²) in [6.45, 7) is 1.49. The molecule has 2 N–H and O–H groups in total. The van der Waals surface area contributed by atoms with Gasteiger partial charge < -0.3 is 10.6 Å². The van der Waals surface area contributed by atoms with E-state index >= 15 is 0 Å². The molecule has 96 valence electrons. The fraction of sp³-hybridized carbons (Fsp3) is 0.286. The van der Waals surface area contributed by atoms with E-state index in [4.69, 9.17) is 17.3 Å². The maximum atomic E-state index is 6.27. The Balaban J connectivity index is 2.02. The Morgan fingerprint density at radius 2 is 2.17 bits per heavy atom. The fourth-order valence-electron chi connectivity index (χ4n) is 1.84. The zero-order chi connectivity index (χ0) is 13.0. The summed E-state index contributed by atoms with van der Waals surface area (Å²) in [5.41, 5.74) is 7.72. The lowest BCUT2D eigenvalue weighted by Gasteiger charge is -2.20. The molecule has 0 unspecified atom stereocenters. The quantitative estimate of drug-likeness (QED) is 0.908. The third kappa shape index (κ3) is 3.25.